The number of benzene rings is 1. The van der Waals surface area contributed by atoms with Crippen LogP contribution in [0, 0.1) is 30.4 Å². The molecule has 0 aliphatic carbocycles. The van der Waals surface area contributed by atoms with Crippen molar-refractivity contribution in [2.24, 2.45) is 11.5 Å². The molecule has 158 valence electrons. The standard InChI is InChI=1S/C6F4I2.2C5H5N3O/c7-1-2(8)6(12)4(10)3(9)5(1)11;2*6-5(9)4-3-7-1-2-8-4/h;2*1-3H,(H2,6,9). The molecule has 0 spiro atoms. The van der Waals surface area contributed by atoms with Crippen molar-refractivity contribution in [3.05, 3.63) is 79.0 Å². The van der Waals surface area contributed by atoms with Gasteiger partial charge in [-0.1, -0.05) is 0 Å². The summed E-state index contributed by atoms with van der Waals surface area (Å²) in [7, 11) is 0. The zero-order valence-corrected chi connectivity index (χ0v) is 18.8. The quantitative estimate of drug-likeness (QED) is 0.190. The molecule has 0 unspecified atom stereocenters. The van der Waals surface area contributed by atoms with Crippen LogP contribution in [0.5, 0.6) is 0 Å². The Morgan fingerprint density at radius 1 is 0.667 bits per heavy atom. The van der Waals surface area contributed by atoms with Gasteiger partial charge in [-0.3, -0.25) is 19.6 Å². The minimum atomic E-state index is -1.35. The summed E-state index contributed by atoms with van der Waals surface area (Å²) in [6.07, 6.45) is 8.43. The van der Waals surface area contributed by atoms with Crippen LogP contribution >= 0.6 is 45.2 Å². The summed E-state index contributed by atoms with van der Waals surface area (Å²) in [5.74, 6) is -6.50. The predicted octanol–water partition coefficient (Wildman–Crippen LogP) is 2.60. The highest BCUT2D eigenvalue weighted by Gasteiger charge is 2.21. The Labute approximate surface area is 193 Å². The molecule has 0 aliphatic heterocycles. The van der Waals surface area contributed by atoms with Crippen LogP contribution in [0.1, 0.15) is 21.0 Å². The molecule has 3 rings (SSSR count). The summed E-state index contributed by atoms with van der Waals surface area (Å²) in [5, 5.41) is 0. The number of rotatable bonds is 2. The van der Waals surface area contributed by atoms with Crippen molar-refractivity contribution >= 4 is 57.0 Å². The average Bonchev–Trinajstić information content (AvgIpc) is 2.77. The van der Waals surface area contributed by atoms with Gasteiger partial charge in [0.05, 0.1) is 19.5 Å². The second kappa shape index (κ2) is 12.3. The molecule has 8 nitrogen and oxygen atoms in total. The van der Waals surface area contributed by atoms with Crippen molar-refractivity contribution in [1.82, 2.24) is 19.9 Å². The van der Waals surface area contributed by atoms with E-state index in [9.17, 15) is 27.2 Å². The summed E-state index contributed by atoms with van der Waals surface area (Å²) < 4.78 is 49.2. The maximum absolute atomic E-state index is 12.6. The highest BCUT2D eigenvalue weighted by Crippen LogP contribution is 2.25. The lowest BCUT2D eigenvalue weighted by atomic mass is 10.3. The van der Waals surface area contributed by atoms with Gasteiger partial charge in [0, 0.05) is 24.8 Å². The number of hydrogen-bond donors (Lipinski definition) is 2. The Balaban J connectivity index is 0.000000229. The van der Waals surface area contributed by atoms with Crippen LogP contribution in [0.4, 0.5) is 17.6 Å². The predicted molar refractivity (Wildman–Crippen MR) is 113 cm³/mol. The lowest BCUT2D eigenvalue weighted by Crippen LogP contribution is -2.12. The Bertz CT molecular complexity index is 875. The van der Waals surface area contributed by atoms with E-state index in [4.69, 9.17) is 11.5 Å². The van der Waals surface area contributed by atoms with Crippen molar-refractivity contribution in [3.8, 4) is 0 Å². The van der Waals surface area contributed by atoms with Crippen molar-refractivity contribution in [2.75, 3.05) is 0 Å². The maximum Gasteiger partial charge on any atom is 0.268 e. The fourth-order valence-electron chi connectivity index (χ4n) is 1.43. The van der Waals surface area contributed by atoms with E-state index < -0.39 is 42.2 Å². The van der Waals surface area contributed by atoms with Crippen molar-refractivity contribution in [1.29, 1.82) is 0 Å². The Morgan fingerprint density at radius 3 is 1.13 bits per heavy atom. The van der Waals surface area contributed by atoms with Crippen molar-refractivity contribution in [2.45, 2.75) is 0 Å². The van der Waals surface area contributed by atoms with E-state index >= 15 is 0 Å². The van der Waals surface area contributed by atoms with Crippen LogP contribution in [-0.2, 0) is 0 Å². The fourth-order valence-corrected chi connectivity index (χ4v) is 2.38. The van der Waals surface area contributed by atoms with Crippen LogP contribution in [0.25, 0.3) is 0 Å². The summed E-state index contributed by atoms with van der Waals surface area (Å²) in [6, 6.07) is 0. The van der Waals surface area contributed by atoms with Gasteiger partial charge in [0.15, 0.2) is 23.3 Å². The molecule has 4 N–H and O–H groups in total. The van der Waals surface area contributed by atoms with E-state index in [2.05, 4.69) is 19.9 Å². The molecule has 0 fully saturated rings. The van der Waals surface area contributed by atoms with Crippen LogP contribution in [0.2, 0.25) is 0 Å². The Kier molecular flexibility index (Phi) is 10.4. The molecule has 0 atom stereocenters. The smallest absolute Gasteiger partial charge is 0.268 e. The number of halogens is 6. The van der Waals surface area contributed by atoms with Gasteiger partial charge in [-0.2, -0.15) is 0 Å². The topological polar surface area (TPSA) is 138 Å². The van der Waals surface area contributed by atoms with Gasteiger partial charge >= 0.3 is 0 Å². The van der Waals surface area contributed by atoms with Gasteiger partial charge in [-0.15, -0.1) is 0 Å². The van der Waals surface area contributed by atoms with Crippen LogP contribution in [0.15, 0.2) is 37.2 Å². The SMILES string of the molecule is Fc1c(F)c(I)c(F)c(F)c1I.NC(=O)c1cnccn1.NC(=O)c1cnccn1. The van der Waals surface area contributed by atoms with Crippen molar-refractivity contribution in [3.63, 3.8) is 0 Å². The molecular weight excluding hydrogens is 638 g/mol. The zero-order chi connectivity index (χ0) is 22.8. The van der Waals surface area contributed by atoms with Crippen LogP contribution < -0.4 is 11.5 Å². The number of carbonyl (C=O) groups excluding carboxylic acids is 2. The van der Waals surface area contributed by atoms with E-state index in [0.29, 0.717) is 0 Å². The first kappa shape index (κ1) is 25.5. The van der Waals surface area contributed by atoms with E-state index in [1.54, 1.807) is 0 Å². The molecule has 14 heteroatoms. The first-order valence-corrected chi connectivity index (χ1v) is 9.52. The molecule has 3 aromatic rings. The number of nitrogens with two attached hydrogens (primary N) is 2. The van der Waals surface area contributed by atoms with Gasteiger partial charge in [0.1, 0.15) is 11.4 Å². The third kappa shape index (κ3) is 7.39. The minimum absolute atomic E-state index is 0.192. The first-order chi connectivity index (χ1) is 14.1. The second-order valence-electron chi connectivity index (χ2n) is 4.79. The van der Waals surface area contributed by atoms with E-state index in [1.165, 1.54) is 82.4 Å². The molecule has 0 saturated carbocycles. The third-order valence-corrected chi connectivity index (χ3v) is 4.68. The normalized spacial score (nSPS) is 9.53. The van der Waals surface area contributed by atoms with Gasteiger partial charge in [-0.25, -0.2) is 27.5 Å². The minimum Gasteiger partial charge on any atom is -0.364 e. The average molecular weight is 648 g/mol. The lowest BCUT2D eigenvalue weighted by molar-refractivity contribution is 0.0987. The number of nitrogens with zero attached hydrogens (tertiary/aromatic N) is 4. The van der Waals surface area contributed by atoms with E-state index in [0.717, 1.165) is 0 Å². The molecule has 0 bridgehead atoms. The van der Waals surface area contributed by atoms with E-state index in [-0.39, 0.29) is 11.4 Å². The third-order valence-electron chi connectivity index (χ3n) is 2.79. The molecule has 30 heavy (non-hydrogen) atoms. The Morgan fingerprint density at radius 2 is 0.967 bits per heavy atom. The number of carbonyl (C=O) groups is 2. The molecule has 0 aliphatic rings. The second-order valence-corrected chi connectivity index (χ2v) is 6.95. The Hall–Kier alpha value is -2.50. The first-order valence-electron chi connectivity index (χ1n) is 7.36. The van der Waals surface area contributed by atoms with Gasteiger partial charge in [0.2, 0.25) is 0 Å². The highest BCUT2D eigenvalue weighted by atomic mass is 127. The van der Waals surface area contributed by atoms with Crippen molar-refractivity contribution < 1.29 is 27.2 Å². The molecular formula is C16H10F4I2N6O2. The van der Waals surface area contributed by atoms with Crippen LogP contribution in [-0.4, -0.2) is 31.8 Å². The molecule has 2 aromatic heterocycles. The summed E-state index contributed by atoms with van der Waals surface area (Å²) in [5.41, 5.74) is 10.1. The largest absolute Gasteiger partial charge is 0.364 e. The molecule has 1 aromatic carbocycles. The van der Waals surface area contributed by atoms with Gasteiger partial charge in [0.25, 0.3) is 11.8 Å². The molecule has 0 radical (unpaired) electrons. The number of primary amides is 2. The maximum atomic E-state index is 12.6. The van der Waals surface area contributed by atoms with Gasteiger partial charge < -0.3 is 11.5 Å². The summed E-state index contributed by atoms with van der Waals surface area (Å²) in [6.45, 7) is 0. The summed E-state index contributed by atoms with van der Waals surface area (Å²) >= 11 is 2.41. The zero-order valence-electron chi connectivity index (χ0n) is 14.5. The van der Waals surface area contributed by atoms with E-state index in [1.807, 2.05) is 0 Å². The summed E-state index contributed by atoms with van der Waals surface area (Å²) in [4.78, 5) is 35.2. The number of aromatic nitrogens is 4. The van der Waals surface area contributed by atoms with Gasteiger partial charge in [-0.05, 0) is 45.2 Å². The molecule has 2 amide bonds. The highest BCUT2D eigenvalue weighted by molar-refractivity contribution is 14.1. The lowest BCUT2D eigenvalue weighted by Gasteiger charge is -2.02. The van der Waals surface area contributed by atoms with Crippen LogP contribution in [0.3, 0.4) is 0 Å². The number of amides is 2. The molecule has 0 saturated heterocycles. The number of hydrogen-bond acceptors (Lipinski definition) is 6. The molecule has 2 heterocycles. The monoisotopic (exact) mass is 648 g/mol. The fraction of sp³-hybridized carbons (Fsp3) is 0.